The second-order valence-electron chi connectivity index (χ2n) is 6.53. The topological polar surface area (TPSA) is 61.8 Å². The number of nitrogens with zero attached hydrogens (tertiary/aromatic N) is 1. The molecule has 0 bridgehead atoms. The van der Waals surface area contributed by atoms with E-state index in [0.717, 1.165) is 12.0 Å². The molecular formula is C18H27FN2O3. The molecule has 2 N–H and O–H groups in total. The Kier molecular flexibility index (Phi) is 6.99. The molecule has 134 valence electrons. The standard InChI is InChI=1S/C18H27FN2O3/c1-13(6-7-15-4-3-5-16(19)11-15)20-18(23)21-8-9-24-12-17(21)10-14(2)22/h3-5,11,13-14,17,22H,6-10,12H2,1-2H3,(H,20,23)/t13-,14-,17+/m0/s1. The number of aliphatic hydroxyl groups excluding tert-OH is 1. The van der Waals surface area contributed by atoms with Crippen LogP contribution in [0.3, 0.4) is 0 Å². The van der Waals surface area contributed by atoms with Crippen LogP contribution in [0.2, 0.25) is 0 Å². The van der Waals surface area contributed by atoms with Crippen molar-refractivity contribution in [2.75, 3.05) is 19.8 Å². The van der Waals surface area contributed by atoms with Crippen LogP contribution < -0.4 is 5.32 Å². The number of amides is 2. The molecule has 1 saturated heterocycles. The van der Waals surface area contributed by atoms with E-state index in [0.29, 0.717) is 32.6 Å². The van der Waals surface area contributed by atoms with Gasteiger partial charge in [0.2, 0.25) is 0 Å². The zero-order chi connectivity index (χ0) is 17.5. The van der Waals surface area contributed by atoms with Crippen LogP contribution in [0.4, 0.5) is 9.18 Å². The smallest absolute Gasteiger partial charge is 0.318 e. The highest BCUT2D eigenvalue weighted by Crippen LogP contribution is 2.14. The monoisotopic (exact) mass is 338 g/mol. The van der Waals surface area contributed by atoms with E-state index in [4.69, 9.17) is 4.74 Å². The van der Waals surface area contributed by atoms with Crippen molar-refractivity contribution in [1.29, 1.82) is 0 Å². The van der Waals surface area contributed by atoms with Crippen LogP contribution in [-0.4, -0.2) is 54.0 Å². The molecule has 0 unspecified atom stereocenters. The minimum Gasteiger partial charge on any atom is -0.393 e. The van der Waals surface area contributed by atoms with Gasteiger partial charge in [0.15, 0.2) is 0 Å². The van der Waals surface area contributed by atoms with Gasteiger partial charge in [0.1, 0.15) is 5.82 Å². The number of hydrogen-bond donors (Lipinski definition) is 2. The van der Waals surface area contributed by atoms with Crippen molar-refractivity contribution in [3.63, 3.8) is 0 Å². The van der Waals surface area contributed by atoms with Gasteiger partial charge in [-0.2, -0.15) is 0 Å². The maximum absolute atomic E-state index is 13.2. The first-order valence-corrected chi connectivity index (χ1v) is 8.53. The lowest BCUT2D eigenvalue weighted by Gasteiger charge is -2.37. The van der Waals surface area contributed by atoms with Crippen molar-refractivity contribution < 1.29 is 19.0 Å². The molecule has 1 fully saturated rings. The minimum absolute atomic E-state index is 0.0178. The Bertz CT molecular complexity index is 539. The molecule has 0 aromatic heterocycles. The third-order valence-electron chi connectivity index (χ3n) is 4.23. The Hall–Kier alpha value is -1.66. The van der Waals surface area contributed by atoms with Crippen molar-refractivity contribution in [2.45, 2.75) is 51.3 Å². The number of aryl methyl sites for hydroxylation is 1. The van der Waals surface area contributed by atoms with Crippen LogP contribution in [0, 0.1) is 5.82 Å². The molecule has 1 aromatic rings. The van der Waals surface area contributed by atoms with E-state index < -0.39 is 6.10 Å². The lowest BCUT2D eigenvalue weighted by Crippen LogP contribution is -2.54. The number of benzene rings is 1. The molecule has 24 heavy (non-hydrogen) atoms. The summed E-state index contributed by atoms with van der Waals surface area (Å²) in [4.78, 5) is 14.2. The van der Waals surface area contributed by atoms with E-state index in [9.17, 15) is 14.3 Å². The molecule has 0 saturated carbocycles. The summed E-state index contributed by atoms with van der Waals surface area (Å²) in [6, 6.07) is 6.28. The third kappa shape index (κ3) is 5.76. The largest absolute Gasteiger partial charge is 0.393 e. The third-order valence-corrected chi connectivity index (χ3v) is 4.23. The summed E-state index contributed by atoms with van der Waals surface area (Å²) in [5.41, 5.74) is 0.925. The number of ether oxygens (including phenoxy) is 1. The van der Waals surface area contributed by atoms with Gasteiger partial charge in [0, 0.05) is 12.6 Å². The average molecular weight is 338 g/mol. The van der Waals surface area contributed by atoms with Gasteiger partial charge >= 0.3 is 6.03 Å². The summed E-state index contributed by atoms with van der Waals surface area (Å²) in [5.74, 6) is -0.238. The van der Waals surface area contributed by atoms with E-state index in [1.54, 1.807) is 17.9 Å². The Balaban J connectivity index is 1.83. The van der Waals surface area contributed by atoms with Crippen molar-refractivity contribution in [2.24, 2.45) is 0 Å². The fourth-order valence-electron chi connectivity index (χ4n) is 2.95. The van der Waals surface area contributed by atoms with Crippen molar-refractivity contribution >= 4 is 6.03 Å². The Morgan fingerprint density at radius 3 is 3.00 bits per heavy atom. The summed E-state index contributed by atoms with van der Waals surface area (Å²) in [6.07, 6.45) is 1.47. The summed E-state index contributed by atoms with van der Waals surface area (Å²) in [5, 5.41) is 12.6. The fraction of sp³-hybridized carbons (Fsp3) is 0.611. The van der Waals surface area contributed by atoms with E-state index in [1.807, 2.05) is 13.0 Å². The van der Waals surface area contributed by atoms with Crippen LogP contribution in [-0.2, 0) is 11.2 Å². The number of carbonyl (C=O) groups is 1. The first-order chi connectivity index (χ1) is 11.5. The second kappa shape index (κ2) is 8.99. The summed E-state index contributed by atoms with van der Waals surface area (Å²) < 4.78 is 18.6. The molecule has 1 aliphatic heterocycles. The second-order valence-corrected chi connectivity index (χ2v) is 6.53. The fourth-order valence-corrected chi connectivity index (χ4v) is 2.95. The van der Waals surface area contributed by atoms with E-state index >= 15 is 0 Å². The van der Waals surface area contributed by atoms with Gasteiger partial charge in [0.25, 0.3) is 0 Å². The maximum Gasteiger partial charge on any atom is 0.318 e. The SMILES string of the molecule is C[C@H](O)C[C@@H]1COCCN1C(=O)N[C@@H](C)CCc1cccc(F)c1. The number of hydrogen-bond acceptors (Lipinski definition) is 3. The van der Waals surface area contributed by atoms with Crippen LogP contribution in [0.5, 0.6) is 0 Å². The predicted molar refractivity (Wildman–Crippen MR) is 90.3 cm³/mol. The highest BCUT2D eigenvalue weighted by molar-refractivity contribution is 5.75. The number of rotatable bonds is 6. The van der Waals surface area contributed by atoms with Gasteiger partial charge in [-0.25, -0.2) is 9.18 Å². The van der Waals surface area contributed by atoms with E-state index in [-0.39, 0.29) is 23.9 Å². The van der Waals surface area contributed by atoms with Gasteiger partial charge in [-0.3, -0.25) is 0 Å². The number of carbonyl (C=O) groups excluding carboxylic acids is 1. The summed E-state index contributed by atoms with van der Waals surface area (Å²) >= 11 is 0. The molecule has 0 spiro atoms. The number of aliphatic hydroxyl groups is 1. The Morgan fingerprint density at radius 2 is 2.29 bits per heavy atom. The average Bonchev–Trinajstić information content (AvgIpc) is 2.53. The van der Waals surface area contributed by atoms with E-state index in [1.165, 1.54) is 12.1 Å². The quantitative estimate of drug-likeness (QED) is 0.837. The van der Waals surface area contributed by atoms with Crippen LogP contribution >= 0.6 is 0 Å². The molecular weight excluding hydrogens is 311 g/mol. The van der Waals surface area contributed by atoms with Crippen LogP contribution in [0.25, 0.3) is 0 Å². The molecule has 1 aliphatic rings. The predicted octanol–water partition coefficient (Wildman–Crippen LogP) is 2.33. The molecule has 2 amide bonds. The first-order valence-electron chi connectivity index (χ1n) is 8.53. The molecule has 6 heteroatoms. The number of urea groups is 1. The lowest BCUT2D eigenvalue weighted by molar-refractivity contribution is -0.00476. The van der Waals surface area contributed by atoms with Crippen LogP contribution in [0.15, 0.2) is 24.3 Å². The zero-order valence-electron chi connectivity index (χ0n) is 14.4. The summed E-state index contributed by atoms with van der Waals surface area (Å²) in [7, 11) is 0. The van der Waals surface area contributed by atoms with E-state index in [2.05, 4.69) is 5.32 Å². The number of halogens is 1. The van der Waals surface area contributed by atoms with Gasteiger partial charge < -0.3 is 20.1 Å². The molecule has 3 atom stereocenters. The first kappa shape index (κ1) is 18.7. The number of nitrogens with one attached hydrogen (secondary N) is 1. The molecule has 0 aliphatic carbocycles. The van der Waals surface area contributed by atoms with Crippen LogP contribution in [0.1, 0.15) is 32.3 Å². The van der Waals surface area contributed by atoms with Crippen molar-refractivity contribution in [3.8, 4) is 0 Å². The van der Waals surface area contributed by atoms with Gasteiger partial charge in [0.05, 0.1) is 25.4 Å². The molecule has 0 radical (unpaired) electrons. The van der Waals surface area contributed by atoms with Gasteiger partial charge in [-0.1, -0.05) is 12.1 Å². The minimum atomic E-state index is -0.475. The highest BCUT2D eigenvalue weighted by atomic mass is 19.1. The molecule has 2 rings (SSSR count). The highest BCUT2D eigenvalue weighted by Gasteiger charge is 2.28. The molecule has 1 heterocycles. The zero-order valence-corrected chi connectivity index (χ0v) is 14.4. The molecule has 5 nitrogen and oxygen atoms in total. The van der Waals surface area contributed by atoms with Crippen molar-refractivity contribution in [1.82, 2.24) is 10.2 Å². The van der Waals surface area contributed by atoms with Gasteiger partial charge in [-0.05, 0) is 50.8 Å². The summed E-state index contributed by atoms with van der Waals surface area (Å²) in [6.45, 7) is 5.16. The lowest BCUT2D eigenvalue weighted by atomic mass is 10.1. The van der Waals surface area contributed by atoms with Gasteiger partial charge in [-0.15, -0.1) is 0 Å². The number of morpholine rings is 1. The molecule has 1 aromatic carbocycles. The maximum atomic E-state index is 13.2. The normalized spacial score (nSPS) is 20.5. The van der Waals surface area contributed by atoms with Crippen molar-refractivity contribution in [3.05, 3.63) is 35.6 Å². The Morgan fingerprint density at radius 1 is 1.50 bits per heavy atom. The Labute approximate surface area is 142 Å².